The Morgan fingerprint density at radius 2 is 2.20 bits per heavy atom. The number of amides is 1. The quantitative estimate of drug-likeness (QED) is 0.925. The lowest BCUT2D eigenvalue weighted by Gasteiger charge is -2.34. The molecule has 4 rings (SSSR count). The highest BCUT2D eigenvalue weighted by molar-refractivity contribution is 5.95. The van der Waals surface area contributed by atoms with Crippen molar-refractivity contribution in [1.82, 2.24) is 15.0 Å². The summed E-state index contributed by atoms with van der Waals surface area (Å²) < 4.78 is 5.32. The number of likely N-dealkylation sites (tertiary alicyclic amines) is 1. The SMILES string of the molecule is CC(O)C1CCCN(C(=O)c2cccc(-c3noc(C4CC4)n3)c2)C1. The van der Waals surface area contributed by atoms with Gasteiger partial charge in [-0.15, -0.1) is 0 Å². The Hall–Kier alpha value is -2.21. The maximum Gasteiger partial charge on any atom is 0.253 e. The van der Waals surface area contributed by atoms with Crippen LogP contribution in [0.1, 0.15) is 54.8 Å². The third kappa shape index (κ3) is 3.44. The van der Waals surface area contributed by atoms with Gasteiger partial charge in [0.05, 0.1) is 6.10 Å². The minimum atomic E-state index is -0.387. The molecule has 1 amide bonds. The second kappa shape index (κ2) is 6.59. The number of carbonyl (C=O) groups excluding carboxylic acids is 1. The van der Waals surface area contributed by atoms with Crippen molar-refractivity contribution in [1.29, 1.82) is 0 Å². The molecule has 1 N–H and O–H groups in total. The van der Waals surface area contributed by atoms with E-state index in [1.54, 1.807) is 6.92 Å². The van der Waals surface area contributed by atoms with E-state index < -0.39 is 0 Å². The number of carbonyl (C=O) groups is 1. The van der Waals surface area contributed by atoms with Crippen LogP contribution in [0, 0.1) is 5.92 Å². The minimum Gasteiger partial charge on any atom is -0.393 e. The molecule has 1 aromatic carbocycles. The van der Waals surface area contributed by atoms with Crippen molar-refractivity contribution in [2.45, 2.75) is 44.6 Å². The monoisotopic (exact) mass is 341 g/mol. The average Bonchev–Trinajstić information content (AvgIpc) is 3.38. The van der Waals surface area contributed by atoms with E-state index in [-0.39, 0.29) is 17.9 Å². The molecule has 1 aliphatic heterocycles. The molecule has 132 valence electrons. The zero-order valence-corrected chi connectivity index (χ0v) is 14.4. The second-order valence-corrected chi connectivity index (χ2v) is 7.21. The van der Waals surface area contributed by atoms with Gasteiger partial charge in [0.2, 0.25) is 11.7 Å². The Morgan fingerprint density at radius 1 is 1.36 bits per heavy atom. The molecule has 1 saturated heterocycles. The normalized spacial score (nSPS) is 22.0. The van der Waals surface area contributed by atoms with Crippen molar-refractivity contribution >= 4 is 5.91 Å². The van der Waals surface area contributed by atoms with E-state index in [1.165, 1.54) is 0 Å². The maximum atomic E-state index is 12.9. The fourth-order valence-corrected chi connectivity index (χ4v) is 3.41. The lowest BCUT2D eigenvalue weighted by molar-refractivity contribution is 0.0466. The largest absolute Gasteiger partial charge is 0.393 e. The number of aliphatic hydroxyl groups is 1. The first-order chi connectivity index (χ1) is 12.1. The van der Waals surface area contributed by atoms with Crippen molar-refractivity contribution in [2.75, 3.05) is 13.1 Å². The van der Waals surface area contributed by atoms with Crippen molar-refractivity contribution in [2.24, 2.45) is 5.92 Å². The summed E-state index contributed by atoms with van der Waals surface area (Å²) in [5.74, 6) is 1.80. The first kappa shape index (κ1) is 16.3. The lowest BCUT2D eigenvalue weighted by Crippen LogP contribution is -2.42. The lowest BCUT2D eigenvalue weighted by atomic mass is 9.93. The van der Waals surface area contributed by atoms with E-state index in [4.69, 9.17) is 4.52 Å². The second-order valence-electron chi connectivity index (χ2n) is 7.21. The molecule has 2 aromatic rings. The number of aliphatic hydroxyl groups excluding tert-OH is 1. The predicted octanol–water partition coefficient (Wildman–Crippen LogP) is 2.85. The maximum absolute atomic E-state index is 12.9. The van der Waals surface area contributed by atoms with Crippen LogP contribution in [0.25, 0.3) is 11.4 Å². The first-order valence-electron chi connectivity index (χ1n) is 9.03. The molecule has 0 spiro atoms. The van der Waals surface area contributed by atoms with Gasteiger partial charge in [-0.1, -0.05) is 17.3 Å². The number of aromatic nitrogens is 2. The number of piperidine rings is 1. The van der Waals surface area contributed by atoms with Crippen LogP contribution in [0.4, 0.5) is 0 Å². The number of hydrogen-bond acceptors (Lipinski definition) is 5. The van der Waals surface area contributed by atoms with Crippen LogP contribution in [0.15, 0.2) is 28.8 Å². The highest BCUT2D eigenvalue weighted by Crippen LogP contribution is 2.39. The summed E-state index contributed by atoms with van der Waals surface area (Å²) in [7, 11) is 0. The number of hydrogen-bond donors (Lipinski definition) is 1. The van der Waals surface area contributed by atoms with Gasteiger partial charge in [0, 0.05) is 36.1 Å². The van der Waals surface area contributed by atoms with Crippen molar-refractivity contribution in [3.05, 3.63) is 35.7 Å². The van der Waals surface area contributed by atoms with E-state index in [0.717, 1.165) is 37.8 Å². The number of rotatable bonds is 4. The van der Waals surface area contributed by atoms with Gasteiger partial charge in [-0.2, -0.15) is 4.98 Å². The highest BCUT2D eigenvalue weighted by atomic mass is 16.5. The van der Waals surface area contributed by atoms with Crippen LogP contribution in [-0.4, -0.2) is 45.2 Å². The summed E-state index contributed by atoms with van der Waals surface area (Å²) in [6.07, 6.45) is 3.73. The van der Waals surface area contributed by atoms with Gasteiger partial charge in [0.15, 0.2) is 0 Å². The van der Waals surface area contributed by atoms with Crippen molar-refractivity contribution in [3.8, 4) is 11.4 Å². The van der Waals surface area contributed by atoms with Gasteiger partial charge in [0.1, 0.15) is 0 Å². The summed E-state index contributed by atoms with van der Waals surface area (Å²) in [5.41, 5.74) is 1.42. The number of benzene rings is 1. The van der Waals surface area contributed by atoms with E-state index in [9.17, 15) is 9.90 Å². The third-order valence-corrected chi connectivity index (χ3v) is 5.16. The van der Waals surface area contributed by atoms with Gasteiger partial charge in [-0.25, -0.2) is 0 Å². The molecular weight excluding hydrogens is 318 g/mol. The molecule has 0 radical (unpaired) electrons. The van der Waals surface area contributed by atoms with Crippen molar-refractivity contribution in [3.63, 3.8) is 0 Å². The molecule has 25 heavy (non-hydrogen) atoms. The van der Waals surface area contributed by atoms with Crippen LogP contribution >= 0.6 is 0 Å². The van der Waals surface area contributed by atoms with Gasteiger partial charge >= 0.3 is 0 Å². The Labute approximate surface area is 146 Å². The average molecular weight is 341 g/mol. The van der Waals surface area contributed by atoms with Crippen LogP contribution in [0.5, 0.6) is 0 Å². The van der Waals surface area contributed by atoms with E-state index in [2.05, 4.69) is 10.1 Å². The fourth-order valence-electron chi connectivity index (χ4n) is 3.41. The Balaban J connectivity index is 1.52. The molecule has 2 aliphatic rings. The third-order valence-electron chi connectivity index (χ3n) is 5.16. The molecular formula is C19H23N3O3. The van der Waals surface area contributed by atoms with E-state index in [0.29, 0.717) is 29.7 Å². The summed E-state index contributed by atoms with van der Waals surface area (Å²) in [6, 6.07) is 7.40. The summed E-state index contributed by atoms with van der Waals surface area (Å²) in [4.78, 5) is 19.1. The highest BCUT2D eigenvalue weighted by Gasteiger charge is 2.30. The molecule has 0 bridgehead atoms. The van der Waals surface area contributed by atoms with Crippen LogP contribution in [0.2, 0.25) is 0 Å². The summed E-state index contributed by atoms with van der Waals surface area (Å²) in [5, 5.41) is 13.9. The van der Waals surface area contributed by atoms with E-state index >= 15 is 0 Å². The molecule has 2 fully saturated rings. The Bertz CT molecular complexity index is 767. The Kier molecular flexibility index (Phi) is 4.29. The zero-order chi connectivity index (χ0) is 17.4. The molecule has 2 heterocycles. The summed E-state index contributed by atoms with van der Waals surface area (Å²) >= 11 is 0. The topological polar surface area (TPSA) is 79.5 Å². The first-order valence-corrected chi connectivity index (χ1v) is 9.03. The van der Waals surface area contributed by atoms with Gasteiger partial charge in [0.25, 0.3) is 5.91 Å². The van der Waals surface area contributed by atoms with Crippen LogP contribution in [-0.2, 0) is 0 Å². The fraction of sp³-hybridized carbons (Fsp3) is 0.526. The molecule has 2 unspecified atom stereocenters. The van der Waals surface area contributed by atoms with Crippen LogP contribution in [0.3, 0.4) is 0 Å². The molecule has 1 aliphatic carbocycles. The minimum absolute atomic E-state index is 0.00175. The zero-order valence-electron chi connectivity index (χ0n) is 14.4. The number of nitrogens with zero attached hydrogens (tertiary/aromatic N) is 3. The molecule has 6 nitrogen and oxygen atoms in total. The van der Waals surface area contributed by atoms with Gasteiger partial charge in [-0.3, -0.25) is 4.79 Å². The smallest absolute Gasteiger partial charge is 0.253 e. The standard InChI is InChI=1S/C19H23N3O3/c1-12(23)16-6-3-9-22(11-16)19(24)15-5-2-4-14(10-15)17-20-18(25-21-17)13-7-8-13/h2,4-5,10,12-13,16,23H,3,6-9,11H2,1H3. The van der Waals surface area contributed by atoms with Crippen molar-refractivity contribution < 1.29 is 14.4 Å². The van der Waals surface area contributed by atoms with E-state index in [1.807, 2.05) is 29.2 Å². The molecule has 1 aromatic heterocycles. The van der Waals surface area contributed by atoms with Gasteiger partial charge in [-0.05, 0) is 44.7 Å². The molecule has 6 heteroatoms. The molecule has 1 saturated carbocycles. The Morgan fingerprint density at radius 3 is 2.96 bits per heavy atom. The van der Waals surface area contributed by atoms with Crippen LogP contribution < -0.4 is 0 Å². The van der Waals surface area contributed by atoms with Gasteiger partial charge < -0.3 is 14.5 Å². The predicted molar refractivity (Wildman–Crippen MR) is 92.0 cm³/mol. The summed E-state index contributed by atoms with van der Waals surface area (Å²) in [6.45, 7) is 3.14. The molecule has 2 atom stereocenters.